The van der Waals surface area contributed by atoms with Crippen molar-refractivity contribution in [3.05, 3.63) is 53.4 Å². The summed E-state index contributed by atoms with van der Waals surface area (Å²) in [4.78, 5) is 12.8. The van der Waals surface area contributed by atoms with Crippen LogP contribution in [0.3, 0.4) is 0 Å². The Morgan fingerprint density at radius 3 is 2.74 bits per heavy atom. The number of nitrogens with zero attached hydrogens (tertiary/aromatic N) is 3. The van der Waals surface area contributed by atoms with E-state index in [9.17, 15) is 0 Å². The summed E-state index contributed by atoms with van der Waals surface area (Å²) in [5.74, 6) is 0. The molecule has 1 N–H and O–H groups in total. The van der Waals surface area contributed by atoms with Crippen LogP contribution >= 0.6 is 11.3 Å². The van der Waals surface area contributed by atoms with E-state index in [4.69, 9.17) is 0 Å². The predicted molar refractivity (Wildman–Crippen MR) is 77.6 cm³/mol. The average molecular weight is 268 g/mol. The van der Waals surface area contributed by atoms with Crippen LogP contribution in [0.1, 0.15) is 5.01 Å². The molecular weight excluding hydrogens is 256 g/mol. The van der Waals surface area contributed by atoms with Gasteiger partial charge in [0.2, 0.25) is 0 Å². The third-order valence-corrected chi connectivity index (χ3v) is 3.38. The van der Waals surface area contributed by atoms with Crippen LogP contribution in [0.25, 0.3) is 11.3 Å². The maximum absolute atomic E-state index is 4.47. The highest BCUT2D eigenvalue weighted by Crippen LogP contribution is 2.24. The first kappa shape index (κ1) is 11.8. The van der Waals surface area contributed by atoms with Crippen LogP contribution in [0.4, 0.5) is 11.4 Å². The number of anilines is 2. The van der Waals surface area contributed by atoms with Crippen molar-refractivity contribution in [3.63, 3.8) is 0 Å². The first-order chi connectivity index (χ1) is 9.31. The highest BCUT2D eigenvalue weighted by molar-refractivity contribution is 7.09. The lowest BCUT2D eigenvalue weighted by Gasteiger charge is -2.06. The van der Waals surface area contributed by atoms with Crippen molar-refractivity contribution < 1.29 is 0 Å². The van der Waals surface area contributed by atoms with Crippen molar-refractivity contribution in [2.75, 3.05) is 5.32 Å². The molecule has 0 aromatic carbocycles. The van der Waals surface area contributed by atoms with E-state index in [1.807, 2.05) is 36.7 Å². The SMILES string of the molecule is Cc1nc(-c2cncc(Nc3cccnc3)c2)cs1. The van der Waals surface area contributed by atoms with Crippen LogP contribution in [-0.2, 0) is 0 Å². The van der Waals surface area contributed by atoms with Gasteiger partial charge in [-0.3, -0.25) is 9.97 Å². The summed E-state index contributed by atoms with van der Waals surface area (Å²) < 4.78 is 0. The molecule has 0 saturated heterocycles. The Labute approximate surface area is 115 Å². The first-order valence-corrected chi connectivity index (χ1v) is 6.74. The van der Waals surface area contributed by atoms with Gasteiger partial charge >= 0.3 is 0 Å². The summed E-state index contributed by atoms with van der Waals surface area (Å²) in [6.07, 6.45) is 7.14. The summed E-state index contributed by atoms with van der Waals surface area (Å²) in [5, 5.41) is 6.37. The Kier molecular flexibility index (Phi) is 3.20. The van der Waals surface area contributed by atoms with Crippen molar-refractivity contribution in [2.24, 2.45) is 0 Å². The molecule has 0 amide bonds. The topological polar surface area (TPSA) is 50.7 Å². The van der Waals surface area contributed by atoms with E-state index < -0.39 is 0 Å². The van der Waals surface area contributed by atoms with Gasteiger partial charge in [0.25, 0.3) is 0 Å². The number of aromatic nitrogens is 3. The van der Waals surface area contributed by atoms with E-state index in [1.54, 1.807) is 29.9 Å². The van der Waals surface area contributed by atoms with Gasteiger partial charge in [-0.1, -0.05) is 0 Å². The molecule has 0 aliphatic carbocycles. The van der Waals surface area contributed by atoms with E-state index in [-0.39, 0.29) is 0 Å². The van der Waals surface area contributed by atoms with E-state index in [0.29, 0.717) is 0 Å². The fourth-order valence-corrected chi connectivity index (χ4v) is 2.37. The van der Waals surface area contributed by atoms with Crippen LogP contribution in [0, 0.1) is 6.92 Å². The fraction of sp³-hybridized carbons (Fsp3) is 0.0714. The maximum Gasteiger partial charge on any atom is 0.0901 e. The molecule has 0 unspecified atom stereocenters. The summed E-state index contributed by atoms with van der Waals surface area (Å²) in [6.45, 7) is 2.00. The number of nitrogens with one attached hydrogen (secondary N) is 1. The van der Waals surface area contributed by atoms with Crippen LogP contribution in [0.15, 0.2) is 48.4 Å². The molecule has 0 bridgehead atoms. The lowest BCUT2D eigenvalue weighted by molar-refractivity contribution is 1.26. The van der Waals surface area contributed by atoms with Gasteiger partial charge in [0, 0.05) is 23.3 Å². The van der Waals surface area contributed by atoms with Gasteiger partial charge in [-0.25, -0.2) is 4.98 Å². The van der Waals surface area contributed by atoms with E-state index >= 15 is 0 Å². The number of rotatable bonds is 3. The monoisotopic (exact) mass is 268 g/mol. The van der Waals surface area contributed by atoms with Gasteiger partial charge in [0.05, 0.1) is 34.5 Å². The molecule has 0 aliphatic rings. The van der Waals surface area contributed by atoms with Crippen molar-refractivity contribution >= 4 is 22.7 Å². The van der Waals surface area contributed by atoms with Gasteiger partial charge in [0.15, 0.2) is 0 Å². The zero-order valence-electron chi connectivity index (χ0n) is 10.4. The van der Waals surface area contributed by atoms with Crippen molar-refractivity contribution in [1.29, 1.82) is 0 Å². The standard InChI is InChI=1S/C14H12N4S/c1-10-17-14(9-19-10)11-5-13(8-16-6-11)18-12-3-2-4-15-7-12/h2-9,18H,1H3. The van der Waals surface area contributed by atoms with Crippen LogP contribution in [0.5, 0.6) is 0 Å². The molecule has 5 heteroatoms. The molecule has 0 atom stereocenters. The Balaban J connectivity index is 1.88. The fourth-order valence-electron chi connectivity index (χ4n) is 1.75. The van der Waals surface area contributed by atoms with Crippen LogP contribution < -0.4 is 5.32 Å². The van der Waals surface area contributed by atoms with Gasteiger partial charge < -0.3 is 5.32 Å². The number of hydrogen-bond donors (Lipinski definition) is 1. The molecule has 3 heterocycles. The van der Waals surface area contributed by atoms with Crippen molar-refractivity contribution in [3.8, 4) is 11.3 Å². The molecule has 0 aliphatic heterocycles. The highest BCUT2D eigenvalue weighted by atomic mass is 32.1. The number of hydrogen-bond acceptors (Lipinski definition) is 5. The van der Waals surface area contributed by atoms with Gasteiger partial charge in [-0.2, -0.15) is 0 Å². The Morgan fingerprint density at radius 2 is 2.00 bits per heavy atom. The zero-order chi connectivity index (χ0) is 13.1. The van der Waals surface area contributed by atoms with Crippen molar-refractivity contribution in [2.45, 2.75) is 6.92 Å². The molecule has 94 valence electrons. The lowest BCUT2D eigenvalue weighted by atomic mass is 10.2. The zero-order valence-corrected chi connectivity index (χ0v) is 11.2. The van der Waals surface area contributed by atoms with Gasteiger partial charge in [-0.05, 0) is 25.1 Å². The van der Waals surface area contributed by atoms with E-state index in [1.165, 1.54) is 0 Å². The second-order valence-electron chi connectivity index (χ2n) is 4.08. The Bertz CT molecular complexity index is 679. The number of aryl methyl sites for hydroxylation is 1. The summed E-state index contributed by atoms with van der Waals surface area (Å²) >= 11 is 1.64. The second-order valence-corrected chi connectivity index (χ2v) is 5.14. The third-order valence-electron chi connectivity index (χ3n) is 2.60. The third kappa shape index (κ3) is 2.77. The minimum absolute atomic E-state index is 0.927. The normalized spacial score (nSPS) is 10.4. The molecule has 3 aromatic heterocycles. The van der Waals surface area contributed by atoms with Crippen LogP contribution in [0.2, 0.25) is 0 Å². The summed E-state index contributed by atoms with van der Waals surface area (Å²) in [7, 11) is 0. The lowest BCUT2D eigenvalue weighted by Crippen LogP contribution is -1.92. The minimum Gasteiger partial charge on any atom is -0.353 e. The molecule has 0 spiro atoms. The number of pyridine rings is 2. The second kappa shape index (κ2) is 5.16. The largest absolute Gasteiger partial charge is 0.353 e. The molecule has 3 rings (SSSR count). The molecule has 0 fully saturated rings. The minimum atomic E-state index is 0.927. The highest BCUT2D eigenvalue weighted by Gasteiger charge is 2.04. The van der Waals surface area contributed by atoms with Crippen LogP contribution in [-0.4, -0.2) is 15.0 Å². The van der Waals surface area contributed by atoms with Gasteiger partial charge in [0.1, 0.15) is 0 Å². The molecule has 0 radical (unpaired) electrons. The average Bonchev–Trinajstić information content (AvgIpc) is 2.87. The number of thiazole rings is 1. The molecule has 3 aromatic rings. The smallest absolute Gasteiger partial charge is 0.0901 e. The predicted octanol–water partition coefficient (Wildman–Crippen LogP) is 3.65. The Hall–Kier alpha value is -2.27. The molecule has 4 nitrogen and oxygen atoms in total. The van der Waals surface area contributed by atoms with E-state index in [2.05, 4.69) is 20.3 Å². The summed E-state index contributed by atoms with van der Waals surface area (Å²) in [5.41, 5.74) is 3.84. The maximum atomic E-state index is 4.47. The Morgan fingerprint density at radius 1 is 1.11 bits per heavy atom. The van der Waals surface area contributed by atoms with E-state index in [0.717, 1.165) is 27.6 Å². The molecule has 0 saturated carbocycles. The first-order valence-electron chi connectivity index (χ1n) is 5.86. The summed E-state index contributed by atoms with van der Waals surface area (Å²) in [6, 6.07) is 5.89. The quantitative estimate of drug-likeness (QED) is 0.787. The van der Waals surface area contributed by atoms with Gasteiger partial charge in [-0.15, -0.1) is 11.3 Å². The molecular formula is C14H12N4S. The molecule has 19 heavy (non-hydrogen) atoms. The van der Waals surface area contributed by atoms with Crippen molar-refractivity contribution in [1.82, 2.24) is 15.0 Å².